The van der Waals surface area contributed by atoms with Gasteiger partial charge in [-0.25, -0.2) is 18.1 Å². The van der Waals surface area contributed by atoms with Gasteiger partial charge in [-0.2, -0.15) is 0 Å². The molecule has 1 aliphatic heterocycles. The molecule has 194 valence electrons. The van der Waals surface area contributed by atoms with Crippen LogP contribution in [0.2, 0.25) is 0 Å². The number of thiazole rings is 1. The molecule has 2 heterocycles. The molecule has 0 bridgehead atoms. The third-order valence-corrected chi connectivity index (χ3v) is 10.3. The van der Waals surface area contributed by atoms with E-state index in [2.05, 4.69) is 35.4 Å². The van der Waals surface area contributed by atoms with Crippen LogP contribution in [0.4, 0.5) is 5.13 Å². The monoisotopic (exact) mass is 520 g/mol. The summed E-state index contributed by atoms with van der Waals surface area (Å²) in [6.45, 7) is 8.17. The fourth-order valence-electron chi connectivity index (χ4n) is 5.27. The highest BCUT2D eigenvalue weighted by atomic mass is 32.2. The van der Waals surface area contributed by atoms with E-state index in [0.29, 0.717) is 17.8 Å². The van der Waals surface area contributed by atoms with E-state index in [9.17, 15) is 8.42 Å². The van der Waals surface area contributed by atoms with Crippen molar-refractivity contribution in [2.24, 2.45) is 0 Å². The van der Waals surface area contributed by atoms with Crippen molar-refractivity contribution in [2.45, 2.75) is 88.7 Å². The van der Waals surface area contributed by atoms with Crippen molar-refractivity contribution >= 4 is 26.5 Å². The van der Waals surface area contributed by atoms with E-state index in [1.807, 2.05) is 13.0 Å². The number of aryl methyl sites for hydroxylation is 1. The summed E-state index contributed by atoms with van der Waals surface area (Å²) >= 11 is 1.64. The van der Waals surface area contributed by atoms with Gasteiger partial charge in [0.05, 0.1) is 17.7 Å². The minimum atomic E-state index is -3.73. The van der Waals surface area contributed by atoms with Gasteiger partial charge < -0.3 is 14.5 Å². The Morgan fingerprint density at radius 2 is 1.83 bits per heavy atom. The first-order chi connectivity index (χ1) is 16.7. The predicted octanol–water partition coefficient (Wildman–Crippen LogP) is 5.05. The first-order valence-corrected chi connectivity index (χ1v) is 15.1. The summed E-state index contributed by atoms with van der Waals surface area (Å²) in [6.07, 6.45) is 7.90. The topological polar surface area (TPSA) is 74.8 Å². The highest BCUT2D eigenvalue weighted by Gasteiger charge is 2.28. The second-order valence-corrected chi connectivity index (χ2v) is 12.9. The molecule has 1 aromatic heterocycles. The lowest BCUT2D eigenvalue weighted by Crippen LogP contribution is -2.46. The minimum Gasteiger partial charge on any atom is -0.495 e. The molecule has 1 saturated carbocycles. The van der Waals surface area contributed by atoms with Gasteiger partial charge in [0.15, 0.2) is 5.13 Å². The molecule has 4 rings (SSSR count). The number of likely N-dealkylation sites (tertiary alicyclic amines) is 1. The van der Waals surface area contributed by atoms with Gasteiger partial charge in [-0.15, -0.1) is 0 Å². The molecule has 0 unspecified atom stereocenters. The van der Waals surface area contributed by atoms with Crippen LogP contribution in [-0.2, 0) is 10.0 Å². The number of methoxy groups -OCH3 is 1. The number of ether oxygens (including phenoxy) is 1. The Balaban J connectivity index is 1.56. The zero-order chi connectivity index (χ0) is 25.2. The highest BCUT2D eigenvalue weighted by molar-refractivity contribution is 7.89. The van der Waals surface area contributed by atoms with Gasteiger partial charge in [-0.3, -0.25) is 0 Å². The summed E-state index contributed by atoms with van der Waals surface area (Å²) in [5.74, 6) is 0.364. The van der Waals surface area contributed by atoms with Crippen molar-refractivity contribution in [1.82, 2.24) is 14.6 Å². The molecular weight excluding hydrogens is 480 g/mol. The van der Waals surface area contributed by atoms with Crippen molar-refractivity contribution < 1.29 is 13.2 Å². The Labute approximate surface area is 214 Å². The number of rotatable bonds is 8. The standard InChI is InChI=1S/C26H40N4O3S2/c1-18(2)30-15-13-21(14-16-30)28-35(31,32)24-17-20(11-12-23(24)33-5)25-19(3)27-26(34-25)29(4)22-9-7-6-8-10-22/h11-12,17-18,21-22,28H,6-10,13-16H2,1-5H3. The maximum atomic E-state index is 13.5. The molecule has 35 heavy (non-hydrogen) atoms. The summed E-state index contributed by atoms with van der Waals surface area (Å²) in [5.41, 5.74) is 1.79. The summed E-state index contributed by atoms with van der Waals surface area (Å²) in [5, 5.41) is 1.000. The van der Waals surface area contributed by atoms with Crippen LogP contribution in [0.15, 0.2) is 23.1 Å². The third-order valence-electron chi connectivity index (χ3n) is 7.51. The number of nitrogens with zero attached hydrogens (tertiary/aromatic N) is 3. The average Bonchev–Trinajstić information content (AvgIpc) is 3.25. The molecule has 9 heteroatoms. The number of benzene rings is 1. The van der Waals surface area contributed by atoms with Gasteiger partial charge >= 0.3 is 0 Å². The number of hydrogen-bond donors (Lipinski definition) is 1. The Bertz CT molecular complexity index is 1100. The summed E-state index contributed by atoms with van der Waals surface area (Å²) in [6, 6.07) is 6.38. The zero-order valence-corrected chi connectivity index (χ0v) is 23.3. The van der Waals surface area contributed by atoms with Crippen molar-refractivity contribution in [2.75, 3.05) is 32.1 Å². The molecule has 2 aliphatic rings. The zero-order valence-electron chi connectivity index (χ0n) is 21.7. The normalized spacial score (nSPS) is 18.8. The first kappa shape index (κ1) is 26.4. The fourth-order valence-corrected chi connectivity index (χ4v) is 7.87. The summed E-state index contributed by atoms with van der Waals surface area (Å²) in [4.78, 5) is 10.8. The van der Waals surface area contributed by atoms with Crippen LogP contribution in [-0.4, -0.2) is 63.7 Å². The molecule has 1 saturated heterocycles. The Morgan fingerprint density at radius 1 is 1.14 bits per heavy atom. The van der Waals surface area contributed by atoms with Gasteiger partial charge in [0.2, 0.25) is 10.0 Å². The second kappa shape index (κ2) is 11.2. The molecule has 1 N–H and O–H groups in total. The molecule has 0 atom stereocenters. The summed E-state index contributed by atoms with van der Waals surface area (Å²) < 4.78 is 35.3. The quantitative estimate of drug-likeness (QED) is 0.525. The number of aromatic nitrogens is 1. The molecule has 0 spiro atoms. The van der Waals surface area contributed by atoms with E-state index in [1.165, 1.54) is 39.2 Å². The molecule has 1 aromatic carbocycles. The van der Waals surface area contributed by atoms with Crippen molar-refractivity contribution in [1.29, 1.82) is 0 Å². The van der Waals surface area contributed by atoms with Crippen LogP contribution in [0.5, 0.6) is 5.75 Å². The van der Waals surface area contributed by atoms with E-state index >= 15 is 0 Å². The number of sulfonamides is 1. The largest absolute Gasteiger partial charge is 0.495 e. The van der Waals surface area contributed by atoms with Crippen LogP contribution in [0, 0.1) is 6.92 Å². The van der Waals surface area contributed by atoms with Crippen LogP contribution in [0.25, 0.3) is 10.4 Å². The number of hydrogen-bond acceptors (Lipinski definition) is 7. The van der Waals surface area contributed by atoms with Crippen LogP contribution >= 0.6 is 11.3 Å². The van der Waals surface area contributed by atoms with Crippen LogP contribution in [0.1, 0.15) is 64.5 Å². The van der Waals surface area contributed by atoms with Gasteiger partial charge in [0, 0.05) is 25.2 Å². The van der Waals surface area contributed by atoms with Crippen molar-refractivity contribution in [3.05, 3.63) is 23.9 Å². The SMILES string of the molecule is COc1ccc(-c2sc(N(C)C3CCCCC3)nc2C)cc1S(=O)(=O)NC1CCN(C(C)C)CC1. The van der Waals surface area contributed by atoms with E-state index < -0.39 is 10.0 Å². The third kappa shape index (κ3) is 6.01. The molecule has 0 radical (unpaired) electrons. The maximum absolute atomic E-state index is 13.5. The number of anilines is 1. The lowest BCUT2D eigenvalue weighted by atomic mass is 9.95. The maximum Gasteiger partial charge on any atom is 0.244 e. The van der Waals surface area contributed by atoms with E-state index in [0.717, 1.165) is 47.2 Å². The molecule has 1 aliphatic carbocycles. The lowest BCUT2D eigenvalue weighted by molar-refractivity contribution is 0.168. The Morgan fingerprint density at radius 3 is 2.46 bits per heavy atom. The fraction of sp³-hybridized carbons (Fsp3) is 0.654. The van der Waals surface area contributed by atoms with E-state index in [1.54, 1.807) is 23.5 Å². The van der Waals surface area contributed by atoms with Crippen molar-refractivity contribution in [3.8, 4) is 16.2 Å². The van der Waals surface area contributed by atoms with Gasteiger partial charge in [-0.05, 0) is 83.3 Å². The van der Waals surface area contributed by atoms with E-state index in [-0.39, 0.29) is 10.9 Å². The lowest BCUT2D eigenvalue weighted by Gasteiger charge is -2.34. The van der Waals surface area contributed by atoms with Crippen LogP contribution < -0.4 is 14.4 Å². The van der Waals surface area contributed by atoms with E-state index in [4.69, 9.17) is 9.72 Å². The molecule has 7 nitrogen and oxygen atoms in total. The number of nitrogens with one attached hydrogen (secondary N) is 1. The van der Waals surface area contributed by atoms with Gasteiger partial charge in [0.1, 0.15) is 10.6 Å². The molecular formula is C26H40N4O3S2. The molecule has 0 amide bonds. The molecule has 2 aromatic rings. The van der Waals surface area contributed by atoms with Crippen LogP contribution in [0.3, 0.4) is 0 Å². The highest BCUT2D eigenvalue weighted by Crippen LogP contribution is 2.39. The average molecular weight is 521 g/mol. The summed E-state index contributed by atoms with van der Waals surface area (Å²) in [7, 11) is -0.0765. The van der Waals surface area contributed by atoms with Gasteiger partial charge in [0.25, 0.3) is 0 Å². The number of piperidine rings is 1. The first-order valence-electron chi connectivity index (χ1n) is 12.8. The minimum absolute atomic E-state index is 0.0655. The second-order valence-electron chi connectivity index (χ2n) is 10.2. The van der Waals surface area contributed by atoms with Crippen molar-refractivity contribution in [3.63, 3.8) is 0 Å². The smallest absolute Gasteiger partial charge is 0.244 e. The predicted molar refractivity (Wildman–Crippen MR) is 144 cm³/mol. The molecule has 2 fully saturated rings. The Hall–Kier alpha value is -1.68. The van der Waals surface area contributed by atoms with Gasteiger partial charge in [-0.1, -0.05) is 30.6 Å². The Kier molecular flexibility index (Phi) is 8.41.